The number of methoxy groups -OCH3 is 1. The van der Waals surface area contributed by atoms with Crippen molar-refractivity contribution in [3.63, 3.8) is 0 Å². The van der Waals surface area contributed by atoms with Crippen LogP contribution in [0.2, 0.25) is 0 Å². The molecule has 2 rings (SSSR count). The first-order valence-electron chi connectivity index (χ1n) is 7.17. The number of likely N-dealkylation sites (tertiary alicyclic amines) is 1. The van der Waals surface area contributed by atoms with E-state index in [2.05, 4.69) is 0 Å². The van der Waals surface area contributed by atoms with Crippen LogP contribution in [-0.2, 0) is 11.3 Å². The highest BCUT2D eigenvalue weighted by Gasteiger charge is 2.28. The Morgan fingerprint density at radius 2 is 2.14 bits per heavy atom. The minimum absolute atomic E-state index is 0.00710. The quantitative estimate of drug-likeness (QED) is 0.843. The molecule has 1 atom stereocenters. The third-order valence-corrected chi connectivity index (χ3v) is 3.96. The number of nitrogens with zero attached hydrogens (tertiary/aromatic N) is 1. The maximum absolute atomic E-state index is 11.5. The van der Waals surface area contributed by atoms with Crippen LogP contribution in [0.25, 0.3) is 0 Å². The Labute approximate surface area is 124 Å². The lowest BCUT2D eigenvalue weighted by Gasteiger charge is -2.33. The number of hydrogen-bond donors (Lipinski definition) is 1. The highest BCUT2D eigenvalue weighted by molar-refractivity contribution is 5.94. The van der Waals surface area contributed by atoms with Crippen LogP contribution in [0.15, 0.2) is 18.2 Å². The number of ketones is 1. The highest BCUT2D eigenvalue weighted by Crippen LogP contribution is 2.26. The van der Waals surface area contributed by atoms with Gasteiger partial charge in [0.15, 0.2) is 5.78 Å². The summed E-state index contributed by atoms with van der Waals surface area (Å²) in [6.07, 6.45) is 2.61. The average Bonchev–Trinajstić information content (AvgIpc) is 2.47. The molecular weight excluding hydrogens is 270 g/mol. The summed E-state index contributed by atoms with van der Waals surface area (Å²) in [4.78, 5) is 24.8. The molecule has 21 heavy (non-hydrogen) atoms. The van der Waals surface area contributed by atoms with Gasteiger partial charge in [0.1, 0.15) is 11.8 Å². The van der Waals surface area contributed by atoms with Gasteiger partial charge in [-0.1, -0.05) is 6.42 Å². The van der Waals surface area contributed by atoms with Crippen LogP contribution in [0.1, 0.15) is 42.1 Å². The Kier molecular flexibility index (Phi) is 4.96. The third kappa shape index (κ3) is 3.61. The van der Waals surface area contributed by atoms with Crippen molar-refractivity contribution >= 4 is 11.8 Å². The van der Waals surface area contributed by atoms with Crippen molar-refractivity contribution in [1.29, 1.82) is 0 Å². The lowest BCUT2D eigenvalue weighted by Crippen LogP contribution is -2.44. The number of carbonyl (C=O) groups is 2. The smallest absolute Gasteiger partial charge is 0.320 e. The molecule has 0 aromatic heterocycles. The number of carboxylic acids is 1. The molecule has 1 aromatic carbocycles. The van der Waals surface area contributed by atoms with E-state index in [0.717, 1.165) is 24.9 Å². The second kappa shape index (κ2) is 6.72. The van der Waals surface area contributed by atoms with Gasteiger partial charge in [0.2, 0.25) is 0 Å². The van der Waals surface area contributed by atoms with E-state index in [9.17, 15) is 14.7 Å². The molecule has 1 unspecified atom stereocenters. The van der Waals surface area contributed by atoms with Gasteiger partial charge in [-0.2, -0.15) is 0 Å². The molecule has 0 saturated carbocycles. The summed E-state index contributed by atoms with van der Waals surface area (Å²) < 4.78 is 5.33. The van der Waals surface area contributed by atoms with Crippen molar-refractivity contribution in [2.45, 2.75) is 38.8 Å². The highest BCUT2D eigenvalue weighted by atomic mass is 16.5. The van der Waals surface area contributed by atoms with E-state index in [-0.39, 0.29) is 5.78 Å². The molecular formula is C16H21NO4. The number of aliphatic carboxylic acids is 1. The summed E-state index contributed by atoms with van der Waals surface area (Å²) >= 11 is 0. The van der Waals surface area contributed by atoms with Gasteiger partial charge in [-0.25, -0.2) is 0 Å². The maximum atomic E-state index is 11.5. The van der Waals surface area contributed by atoms with E-state index >= 15 is 0 Å². The first-order chi connectivity index (χ1) is 10.0. The number of carboxylic acid groups (broad SMARTS) is 1. The van der Waals surface area contributed by atoms with Crippen molar-refractivity contribution in [3.8, 4) is 5.75 Å². The molecule has 0 spiro atoms. The predicted octanol–water partition coefficient (Wildman–Crippen LogP) is 2.34. The standard InChI is InChI=1S/C16H21NO4/c1-11(18)12-6-7-15(21-2)13(9-12)10-17-8-4-3-5-14(17)16(19)20/h6-7,9,14H,3-5,8,10H2,1-2H3,(H,19,20). The summed E-state index contributed by atoms with van der Waals surface area (Å²) in [7, 11) is 1.58. The van der Waals surface area contributed by atoms with E-state index in [1.807, 2.05) is 4.90 Å². The normalized spacial score (nSPS) is 19.2. The second-order valence-corrected chi connectivity index (χ2v) is 5.40. The van der Waals surface area contributed by atoms with Crippen LogP contribution in [0.4, 0.5) is 0 Å². The molecule has 5 heteroatoms. The monoisotopic (exact) mass is 291 g/mol. The molecule has 0 aliphatic carbocycles. The first kappa shape index (κ1) is 15.5. The Bertz CT molecular complexity index is 541. The Balaban J connectivity index is 2.25. The molecule has 5 nitrogen and oxygen atoms in total. The van der Waals surface area contributed by atoms with Crippen LogP contribution < -0.4 is 4.74 Å². The summed E-state index contributed by atoms with van der Waals surface area (Å²) in [6.45, 7) is 2.76. The van der Waals surface area contributed by atoms with E-state index in [0.29, 0.717) is 24.3 Å². The summed E-state index contributed by atoms with van der Waals surface area (Å²) in [5, 5.41) is 9.33. The molecule has 1 N–H and O–H groups in total. The van der Waals surface area contributed by atoms with Crippen molar-refractivity contribution in [3.05, 3.63) is 29.3 Å². The zero-order valence-electron chi connectivity index (χ0n) is 12.5. The first-order valence-corrected chi connectivity index (χ1v) is 7.17. The van der Waals surface area contributed by atoms with Gasteiger partial charge >= 0.3 is 5.97 Å². The summed E-state index contributed by atoms with van der Waals surface area (Å²) in [6, 6.07) is 4.85. The van der Waals surface area contributed by atoms with Gasteiger partial charge in [0, 0.05) is 17.7 Å². The fourth-order valence-electron chi connectivity index (χ4n) is 2.80. The molecule has 0 bridgehead atoms. The zero-order chi connectivity index (χ0) is 15.4. The second-order valence-electron chi connectivity index (χ2n) is 5.40. The number of piperidine rings is 1. The fraction of sp³-hybridized carbons (Fsp3) is 0.500. The fourth-order valence-corrected chi connectivity index (χ4v) is 2.80. The Morgan fingerprint density at radius 1 is 1.38 bits per heavy atom. The molecule has 114 valence electrons. The minimum Gasteiger partial charge on any atom is -0.496 e. The van der Waals surface area contributed by atoms with Gasteiger partial charge < -0.3 is 9.84 Å². The van der Waals surface area contributed by atoms with Gasteiger partial charge in [-0.05, 0) is 44.5 Å². The van der Waals surface area contributed by atoms with Crippen LogP contribution >= 0.6 is 0 Å². The Morgan fingerprint density at radius 3 is 2.76 bits per heavy atom. The average molecular weight is 291 g/mol. The van der Waals surface area contributed by atoms with Crippen LogP contribution in [0.5, 0.6) is 5.75 Å². The van der Waals surface area contributed by atoms with Gasteiger partial charge in [0.05, 0.1) is 7.11 Å². The van der Waals surface area contributed by atoms with Crippen molar-refractivity contribution in [2.75, 3.05) is 13.7 Å². The maximum Gasteiger partial charge on any atom is 0.320 e. The Hall–Kier alpha value is -1.88. The number of benzene rings is 1. The molecule has 0 radical (unpaired) electrons. The van der Waals surface area contributed by atoms with E-state index in [1.54, 1.807) is 25.3 Å². The van der Waals surface area contributed by atoms with Crippen molar-refractivity contribution in [1.82, 2.24) is 4.90 Å². The number of Topliss-reactive ketones (excluding diaryl/α,β-unsaturated/α-hetero) is 1. The summed E-state index contributed by atoms with van der Waals surface area (Å²) in [5.41, 5.74) is 1.48. The van der Waals surface area contributed by atoms with Crippen molar-refractivity contribution in [2.24, 2.45) is 0 Å². The molecule has 1 saturated heterocycles. The topological polar surface area (TPSA) is 66.8 Å². The van der Waals surface area contributed by atoms with Crippen molar-refractivity contribution < 1.29 is 19.4 Å². The van der Waals surface area contributed by atoms with Gasteiger partial charge in [0.25, 0.3) is 0 Å². The molecule has 1 heterocycles. The SMILES string of the molecule is COc1ccc(C(C)=O)cc1CN1CCCCC1C(=O)O. The van der Waals surface area contributed by atoms with Crippen LogP contribution in [0, 0.1) is 0 Å². The number of carbonyl (C=O) groups excluding carboxylic acids is 1. The van der Waals surface area contributed by atoms with Gasteiger partial charge in [-0.15, -0.1) is 0 Å². The largest absolute Gasteiger partial charge is 0.496 e. The van der Waals surface area contributed by atoms with Gasteiger partial charge in [-0.3, -0.25) is 14.5 Å². The number of ether oxygens (including phenoxy) is 1. The number of rotatable bonds is 5. The number of hydrogen-bond acceptors (Lipinski definition) is 4. The minimum atomic E-state index is -0.781. The summed E-state index contributed by atoms with van der Waals surface area (Å²) in [5.74, 6) is -0.0987. The third-order valence-electron chi connectivity index (χ3n) is 3.96. The lowest BCUT2D eigenvalue weighted by molar-refractivity contribution is -0.144. The molecule has 1 fully saturated rings. The lowest BCUT2D eigenvalue weighted by atomic mass is 10.00. The molecule has 1 aliphatic rings. The predicted molar refractivity (Wildman–Crippen MR) is 78.7 cm³/mol. The van der Waals surface area contributed by atoms with E-state index < -0.39 is 12.0 Å². The van der Waals surface area contributed by atoms with E-state index in [1.165, 1.54) is 6.92 Å². The van der Waals surface area contributed by atoms with E-state index in [4.69, 9.17) is 4.74 Å². The van der Waals surface area contributed by atoms with Crippen LogP contribution in [0.3, 0.4) is 0 Å². The molecule has 1 aliphatic heterocycles. The molecule has 1 aromatic rings. The zero-order valence-corrected chi connectivity index (χ0v) is 12.5. The molecule has 0 amide bonds. The van der Waals surface area contributed by atoms with Crippen LogP contribution in [-0.4, -0.2) is 41.5 Å².